The molecule has 2 aromatic carbocycles. The molecule has 30 heavy (non-hydrogen) atoms. The van der Waals surface area contributed by atoms with Crippen molar-refractivity contribution in [1.29, 1.82) is 0 Å². The average Bonchev–Trinajstić information content (AvgIpc) is 3.20. The fourth-order valence-electron chi connectivity index (χ4n) is 2.60. The van der Waals surface area contributed by atoms with Gasteiger partial charge in [-0.2, -0.15) is 5.10 Å². The predicted molar refractivity (Wildman–Crippen MR) is 109 cm³/mol. The number of carbonyl (C=O) groups excluding carboxylic acids is 1. The summed E-state index contributed by atoms with van der Waals surface area (Å²) in [5, 5.41) is 15.4. The second-order valence-electron chi connectivity index (χ2n) is 6.13. The van der Waals surface area contributed by atoms with E-state index in [1.54, 1.807) is 36.4 Å². The van der Waals surface area contributed by atoms with Crippen LogP contribution in [0.25, 0.3) is 11.0 Å². The number of nitrogens with zero attached hydrogens (tertiary/aromatic N) is 3. The number of benzene rings is 2. The topological polar surface area (TPSA) is 120 Å². The number of ether oxygens (including phenoxy) is 1. The summed E-state index contributed by atoms with van der Waals surface area (Å²) in [5.74, 6) is 0.458. The van der Waals surface area contributed by atoms with Gasteiger partial charge in [0.1, 0.15) is 17.5 Å². The Labute approximate surface area is 169 Å². The molecule has 0 bridgehead atoms. The lowest BCUT2D eigenvalue weighted by Crippen LogP contribution is -2.16. The molecule has 0 radical (unpaired) electrons. The minimum Gasteiger partial charge on any atom is -0.451 e. The fraction of sp³-hybridized carbons (Fsp3) is 0. The van der Waals surface area contributed by atoms with Gasteiger partial charge >= 0.3 is 5.91 Å². The number of fused-ring (bicyclic) bond motifs is 1. The van der Waals surface area contributed by atoms with Crippen LogP contribution in [0.1, 0.15) is 16.1 Å². The van der Waals surface area contributed by atoms with Gasteiger partial charge < -0.3 is 9.15 Å². The van der Waals surface area contributed by atoms with Gasteiger partial charge in [0.25, 0.3) is 5.69 Å². The number of hydrogen-bond acceptors (Lipinski definition) is 7. The third kappa shape index (κ3) is 4.30. The van der Waals surface area contributed by atoms with Crippen molar-refractivity contribution >= 4 is 28.8 Å². The number of hydrogen-bond donors (Lipinski definition) is 1. The van der Waals surface area contributed by atoms with Crippen LogP contribution in [0.3, 0.4) is 0 Å². The molecule has 9 nitrogen and oxygen atoms in total. The van der Waals surface area contributed by atoms with Crippen molar-refractivity contribution in [2.24, 2.45) is 5.10 Å². The molecule has 0 aliphatic heterocycles. The summed E-state index contributed by atoms with van der Waals surface area (Å²) in [6, 6.07) is 18.6. The maximum Gasteiger partial charge on any atom is 0.307 e. The van der Waals surface area contributed by atoms with Gasteiger partial charge in [-0.15, -0.1) is 0 Å². The number of aromatic nitrogens is 1. The minimum atomic E-state index is -0.530. The Balaban J connectivity index is 1.35. The number of amides is 1. The van der Waals surface area contributed by atoms with Crippen molar-refractivity contribution in [2.75, 3.05) is 0 Å². The van der Waals surface area contributed by atoms with Crippen LogP contribution < -0.4 is 10.2 Å². The molecule has 2 aromatic heterocycles. The molecule has 0 spiro atoms. The van der Waals surface area contributed by atoms with Crippen LogP contribution in [-0.4, -0.2) is 22.0 Å². The van der Waals surface area contributed by atoms with E-state index in [-0.39, 0.29) is 17.3 Å². The highest BCUT2D eigenvalue weighted by Crippen LogP contribution is 2.21. The van der Waals surface area contributed by atoms with Crippen molar-refractivity contribution in [3.05, 3.63) is 94.4 Å². The van der Waals surface area contributed by atoms with Crippen LogP contribution >= 0.6 is 0 Å². The molecule has 0 aliphatic rings. The maximum absolute atomic E-state index is 12.1. The molecule has 1 N–H and O–H groups in total. The van der Waals surface area contributed by atoms with Crippen LogP contribution in [-0.2, 0) is 0 Å². The summed E-state index contributed by atoms with van der Waals surface area (Å²) in [5.41, 5.74) is 3.66. The van der Waals surface area contributed by atoms with Gasteiger partial charge in [-0.1, -0.05) is 18.2 Å². The Morgan fingerprint density at radius 3 is 2.63 bits per heavy atom. The zero-order valence-electron chi connectivity index (χ0n) is 15.4. The van der Waals surface area contributed by atoms with E-state index >= 15 is 0 Å². The monoisotopic (exact) mass is 402 g/mol. The normalized spacial score (nSPS) is 10.9. The first kappa shape index (κ1) is 18.8. The molecular weight excluding hydrogens is 388 g/mol. The Bertz CT molecular complexity index is 1200. The van der Waals surface area contributed by atoms with E-state index in [2.05, 4.69) is 15.5 Å². The summed E-state index contributed by atoms with van der Waals surface area (Å²) in [6.07, 6.45) is 2.61. The lowest BCUT2D eigenvalue weighted by molar-refractivity contribution is -0.385. The Morgan fingerprint density at radius 2 is 1.93 bits per heavy atom. The lowest BCUT2D eigenvalue weighted by atomic mass is 10.2. The molecule has 2 heterocycles. The molecule has 4 rings (SSSR count). The van der Waals surface area contributed by atoms with Crippen LogP contribution in [0.15, 0.2) is 82.4 Å². The molecule has 9 heteroatoms. The predicted octanol–water partition coefficient (Wildman–Crippen LogP) is 4.29. The smallest absolute Gasteiger partial charge is 0.307 e. The highest BCUT2D eigenvalue weighted by atomic mass is 16.6. The summed E-state index contributed by atoms with van der Waals surface area (Å²) in [4.78, 5) is 26.1. The molecule has 1 amide bonds. The zero-order chi connectivity index (χ0) is 20.9. The SMILES string of the molecule is O=C(N/N=C\c1ccc(Oc2ccc([N+](=O)[O-])cn2)cc1)c1cc2ccccc2o1. The number of rotatable bonds is 6. The van der Waals surface area contributed by atoms with Gasteiger partial charge in [-0.05, 0) is 42.0 Å². The molecular formula is C21H14N4O5. The molecule has 0 atom stereocenters. The first-order valence-corrected chi connectivity index (χ1v) is 8.79. The molecule has 0 aliphatic carbocycles. The van der Waals surface area contributed by atoms with Crippen LogP contribution in [0.4, 0.5) is 5.69 Å². The van der Waals surface area contributed by atoms with Gasteiger partial charge in [0.15, 0.2) is 5.76 Å². The number of hydrazone groups is 1. The quantitative estimate of drug-likeness (QED) is 0.292. The summed E-state index contributed by atoms with van der Waals surface area (Å²) < 4.78 is 11.0. The first-order valence-electron chi connectivity index (χ1n) is 8.79. The second-order valence-corrected chi connectivity index (χ2v) is 6.13. The van der Waals surface area contributed by atoms with Gasteiger partial charge in [0.2, 0.25) is 5.88 Å². The standard InChI is InChI=1S/C21H14N4O5/c26-21(19-11-15-3-1-2-4-18(15)30-19)24-23-12-14-5-8-17(9-6-14)29-20-10-7-16(13-22-20)25(27)28/h1-13H,(H,24,26)/b23-12-. The van der Waals surface area contributed by atoms with Crippen LogP contribution in [0.5, 0.6) is 11.6 Å². The zero-order valence-corrected chi connectivity index (χ0v) is 15.4. The van der Waals surface area contributed by atoms with E-state index in [4.69, 9.17) is 9.15 Å². The summed E-state index contributed by atoms with van der Waals surface area (Å²) in [6.45, 7) is 0. The van der Waals surface area contributed by atoms with Crippen molar-refractivity contribution in [2.45, 2.75) is 0 Å². The minimum absolute atomic E-state index is 0.112. The van der Waals surface area contributed by atoms with Gasteiger partial charge in [0.05, 0.1) is 11.1 Å². The lowest BCUT2D eigenvalue weighted by Gasteiger charge is -2.04. The first-order chi connectivity index (χ1) is 14.6. The Morgan fingerprint density at radius 1 is 1.13 bits per heavy atom. The molecule has 4 aromatic rings. The van der Waals surface area contributed by atoms with E-state index in [0.717, 1.165) is 17.1 Å². The summed E-state index contributed by atoms with van der Waals surface area (Å²) >= 11 is 0. The highest BCUT2D eigenvalue weighted by molar-refractivity contribution is 5.96. The molecule has 0 unspecified atom stereocenters. The van der Waals surface area contributed by atoms with E-state index in [0.29, 0.717) is 11.3 Å². The van der Waals surface area contributed by atoms with Gasteiger partial charge in [0, 0.05) is 17.5 Å². The fourth-order valence-corrected chi connectivity index (χ4v) is 2.60. The van der Waals surface area contributed by atoms with Crippen molar-refractivity contribution in [3.8, 4) is 11.6 Å². The van der Waals surface area contributed by atoms with E-state index in [9.17, 15) is 14.9 Å². The van der Waals surface area contributed by atoms with Gasteiger partial charge in [-0.3, -0.25) is 14.9 Å². The Hall–Kier alpha value is -4.53. The number of nitrogens with one attached hydrogen (secondary N) is 1. The number of pyridine rings is 1. The van der Waals surface area contributed by atoms with Crippen molar-refractivity contribution in [1.82, 2.24) is 10.4 Å². The second kappa shape index (κ2) is 8.23. The molecule has 0 saturated heterocycles. The summed E-state index contributed by atoms with van der Waals surface area (Å²) in [7, 11) is 0. The van der Waals surface area contributed by atoms with Gasteiger partial charge in [-0.25, -0.2) is 10.4 Å². The Kier molecular flexibility index (Phi) is 5.16. The largest absolute Gasteiger partial charge is 0.451 e. The van der Waals surface area contributed by atoms with E-state index in [1.807, 2.05) is 18.2 Å². The highest BCUT2D eigenvalue weighted by Gasteiger charge is 2.11. The number of furan rings is 1. The van der Waals surface area contributed by atoms with E-state index in [1.165, 1.54) is 18.3 Å². The van der Waals surface area contributed by atoms with Crippen LogP contribution in [0.2, 0.25) is 0 Å². The van der Waals surface area contributed by atoms with E-state index < -0.39 is 10.8 Å². The molecule has 0 fully saturated rings. The number of nitro groups is 1. The third-order valence-electron chi connectivity index (χ3n) is 4.06. The average molecular weight is 402 g/mol. The number of carbonyl (C=O) groups is 1. The molecule has 0 saturated carbocycles. The van der Waals surface area contributed by atoms with Crippen LogP contribution in [0, 0.1) is 10.1 Å². The third-order valence-corrected chi connectivity index (χ3v) is 4.06. The molecule has 148 valence electrons. The maximum atomic E-state index is 12.1. The number of para-hydroxylation sites is 1. The van der Waals surface area contributed by atoms with Crippen molar-refractivity contribution in [3.63, 3.8) is 0 Å². The van der Waals surface area contributed by atoms with Crippen molar-refractivity contribution < 1.29 is 18.9 Å².